The summed E-state index contributed by atoms with van der Waals surface area (Å²) in [5.74, 6) is -3.61. The van der Waals surface area contributed by atoms with Crippen molar-refractivity contribution in [3.05, 3.63) is 28.5 Å². The molecule has 2 rings (SSSR count). The molecule has 0 aliphatic rings. The first-order chi connectivity index (χ1) is 9.61. The Kier molecular flexibility index (Phi) is 5.30. The number of nitrogens with zero attached hydrogens (tertiary/aromatic N) is 1. The van der Waals surface area contributed by atoms with Crippen molar-refractivity contribution in [3.8, 4) is 0 Å². The van der Waals surface area contributed by atoms with Crippen molar-refractivity contribution in [1.82, 2.24) is 9.97 Å². The molecule has 114 valence electrons. The highest BCUT2D eigenvalue weighted by atomic mass is 79.9. The fourth-order valence-corrected chi connectivity index (χ4v) is 1.73. The Morgan fingerprint density at radius 2 is 1.90 bits per heavy atom. The molecule has 2 aromatic rings. The van der Waals surface area contributed by atoms with Crippen LogP contribution in [0.1, 0.15) is 5.69 Å². The number of halogens is 4. The van der Waals surface area contributed by atoms with E-state index in [9.17, 15) is 18.0 Å². The standard InChI is InChI=1S/C9H7BrN2O2.C2HF3O2/c10-7-1-2-11-9-6(7)3-5(12-9)4-8(13)14;3-2(4,5)1(6)7/h1-3H,4H2,(H,11,12)(H,13,14);(H,6,7). The molecule has 0 unspecified atom stereocenters. The molecule has 0 aromatic carbocycles. The largest absolute Gasteiger partial charge is 0.490 e. The van der Waals surface area contributed by atoms with Crippen molar-refractivity contribution in [2.24, 2.45) is 0 Å². The SMILES string of the molecule is O=C(O)C(F)(F)F.O=C(O)Cc1cc2c(Br)ccnc2[nH]1. The van der Waals surface area contributed by atoms with Gasteiger partial charge in [0.2, 0.25) is 0 Å². The van der Waals surface area contributed by atoms with Gasteiger partial charge in [0.15, 0.2) is 0 Å². The van der Waals surface area contributed by atoms with Crippen molar-refractivity contribution in [3.63, 3.8) is 0 Å². The van der Waals surface area contributed by atoms with Gasteiger partial charge in [0.05, 0.1) is 6.42 Å². The summed E-state index contributed by atoms with van der Waals surface area (Å²) < 4.78 is 32.6. The second kappa shape index (κ2) is 6.57. The molecule has 0 radical (unpaired) electrons. The summed E-state index contributed by atoms with van der Waals surface area (Å²) in [5, 5.41) is 16.6. The number of nitrogens with one attached hydrogen (secondary N) is 1. The third-order valence-corrected chi connectivity index (χ3v) is 2.81. The van der Waals surface area contributed by atoms with E-state index in [0.29, 0.717) is 11.3 Å². The number of hydrogen-bond donors (Lipinski definition) is 3. The number of fused-ring (bicyclic) bond motifs is 1. The summed E-state index contributed by atoms with van der Waals surface area (Å²) in [6.07, 6.45) is -3.43. The number of aromatic amines is 1. The van der Waals surface area contributed by atoms with E-state index in [0.717, 1.165) is 9.86 Å². The van der Waals surface area contributed by atoms with Crippen LogP contribution in [-0.2, 0) is 16.0 Å². The molecule has 0 aliphatic heterocycles. The molecule has 0 saturated heterocycles. The van der Waals surface area contributed by atoms with Gasteiger partial charge in [0.25, 0.3) is 0 Å². The lowest BCUT2D eigenvalue weighted by atomic mass is 10.3. The van der Waals surface area contributed by atoms with E-state index in [2.05, 4.69) is 25.9 Å². The van der Waals surface area contributed by atoms with Crippen LogP contribution in [0.2, 0.25) is 0 Å². The average Bonchev–Trinajstić information content (AvgIpc) is 2.71. The van der Waals surface area contributed by atoms with Gasteiger partial charge >= 0.3 is 18.1 Å². The van der Waals surface area contributed by atoms with Crippen molar-refractivity contribution >= 4 is 38.9 Å². The Hall–Kier alpha value is -2.10. The van der Waals surface area contributed by atoms with E-state index >= 15 is 0 Å². The molecule has 6 nitrogen and oxygen atoms in total. The van der Waals surface area contributed by atoms with Crippen LogP contribution in [-0.4, -0.2) is 38.3 Å². The summed E-state index contributed by atoms with van der Waals surface area (Å²) in [6, 6.07) is 3.61. The summed E-state index contributed by atoms with van der Waals surface area (Å²) in [4.78, 5) is 26.4. The van der Waals surface area contributed by atoms with E-state index < -0.39 is 18.1 Å². The van der Waals surface area contributed by atoms with E-state index in [1.165, 1.54) is 0 Å². The Morgan fingerprint density at radius 1 is 1.33 bits per heavy atom. The smallest absolute Gasteiger partial charge is 0.481 e. The van der Waals surface area contributed by atoms with E-state index in [1.807, 2.05) is 6.07 Å². The number of rotatable bonds is 2. The molecule has 0 spiro atoms. The third-order valence-electron chi connectivity index (χ3n) is 2.12. The topological polar surface area (TPSA) is 103 Å². The number of H-pyrrole nitrogens is 1. The maximum absolute atomic E-state index is 10.6. The monoisotopic (exact) mass is 368 g/mol. The quantitative estimate of drug-likeness (QED) is 0.755. The van der Waals surface area contributed by atoms with Crippen molar-refractivity contribution in [2.75, 3.05) is 0 Å². The van der Waals surface area contributed by atoms with Crippen LogP contribution in [0.4, 0.5) is 13.2 Å². The van der Waals surface area contributed by atoms with Crippen LogP contribution in [0.3, 0.4) is 0 Å². The lowest BCUT2D eigenvalue weighted by Crippen LogP contribution is -2.21. The average molecular weight is 369 g/mol. The van der Waals surface area contributed by atoms with Crippen LogP contribution >= 0.6 is 15.9 Å². The predicted molar refractivity (Wildman–Crippen MR) is 68.8 cm³/mol. The van der Waals surface area contributed by atoms with Gasteiger partial charge in [-0.1, -0.05) is 0 Å². The Labute approximate surface area is 123 Å². The van der Waals surface area contributed by atoms with Gasteiger partial charge in [-0.05, 0) is 28.1 Å². The Bertz CT molecular complexity index is 669. The molecule has 0 saturated carbocycles. The zero-order valence-corrected chi connectivity index (χ0v) is 11.7. The van der Waals surface area contributed by atoms with E-state index in [4.69, 9.17) is 15.0 Å². The summed E-state index contributed by atoms with van der Waals surface area (Å²) in [7, 11) is 0. The van der Waals surface area contributed by atoms with Gasteiger partial charge in [-0.15, -0.1) is 0 Å². The Morgan fingerprint density at radius 3 is 2.33 bits per heavy atom. The van der Waals surface area contributed by atoms with Gasteiger partial charge in [0, 0.05) is 21.7 Å². The van der Waals surface area contributed by atoms with Gasteiger partial charge in [-0.3, -0.25) is 4.79 Å². The maximum Gasteiger partial charge on any atom is 0.490 e. The van der Waals surface area contributed by atoms with Crippen LogP contribution in [0, 0.1) is 0 Å². The number of alkyl halides is 3. The number of hydrogen-bond acceptors (Lipinski definition) is 3. The minimum atomic E-state index is -5.08. The highest BCUT2D eigenvalue weighted by Gasteiger charge is 2.38. The number of carboxylic acids is 2. The zero-order valence-electron chi connectivity index (χ0n) is 10.1. The van der Waals surface area contributed by atoms with E-state index in [-0.39, 0.29) is 6.42 Å². The molecule has 3 N–H and O–H groups in total. The Balaban J connectivity index is 0.000000270. The summed E-state index contributed by atoms with van der Waals surface area (Å²) in [6.45, 7) is 0. The van der Waals surface area contributed by atoms with Crippen molar-refractivity contribution < 1.29 is 33.0 Å². The normalized spacial score (nSPS) is 10.9. The molecule has 21 heavy (non-hydrogen) atoms. The second-order valence-electron chi connectivity index (χ2n) is 3.72. The van der Waals surface area contributed by atoms with Gasteiger partial charge < -0.3 is 15.2 Å². The molecule has 0 fully saturated rings. The number of carbonyl (C=O) groups is 2. The second-order valence-corrected chi connectivity index (χ2v) is 4.58. The van der Waals surface area contributed by atoms with Gasteiger partial charge in [0.1, 0.15) is 5.65 Å². The fraction of sp³-hybridized carbons (Fsp3) is 0.182. The van der Waals surface area contributed by atoms with E-state index in [1.54, 1.807) is 12.3 Å². The van der Waals surface area contributed by atoms with Crippen LogP contribution in [0.15, 0.2) is 22.8 Å². The number of aromatic nitrogens is 2. The molecule has 10 heteroatoms. The maximum atomic E-state index is 10.6. The van der Waals surface area contributed by atoms with Gasteiger partial charge in [-0.25, -0.2) is 9.78 Å². The molecule has 0 atom stereocenters. The molecule has 0 bridgehead atoms. The first-order valence-corrected chi connectivity index (χ1v) is 6.04. The van der Waals surface area contributed by atoms with Crippen LogP contribution < -0.4 is 0 Å². The minimum Gasteiger partial charge on any atom is -0.481 e. The molecular weight excluding hydrogens is 361 g/mol. The molecule has 0 amide bonds. The fourth-order valence-electron chi connectivity index (χ4n) is 1.31. The van der Waals surface area contributed by atoms with Gasteiger partial charge in [-0.2, -0.15) is 13.2 Å². The van der Waals surface area contributed by atoms with Crippen molar-refractivity contribution in [1.29, 1.82) is 0 Å². The third kappa shape index (κ3) is 5.06. The summed E-state index contributed by atoms with van der Waals surface area (Å²) in [5.41, 5.74) is 1.36. The minimum absolute atomic E-state index is 0.0111. The first kappa shape index (κ1) is 17.0. The number of pyridine rings is 1. The number of carboxylic acid groups (broad SMARTS) is 2. The molecule has 2 heterocycles. The summed E-state index contributed by atoms with van der Waals surface area (Å²) >= 11 is 3.37. The van der Waals surface area contributed by atoms with Crippen molar-refractivity contribution in [2.45, 2.75) is 12.6 Å². The lowest BCUT2D eigenvalue weighted by Gasteiger charge is -1.93. The highest BCUT2D eigenvalue weighted by molar-refractivity contribution is 9.10. The van der Waals surface area contributed by atoms with Crippen LogP contribution in [0.25, 0.3) is 11.0 Å². The predicted octanol–water partition coefficient (Wildman–Crippen LogP) is 2.59. The zero-order chi connectivity index (χ0) is 16.2. The number of aliphatic carboxylic acids is 2. The molecular formula is C11H8BrF3N2O4. The highest BCUT2D eigenvalue weighted by Crippen LogP contribution is 2.22. The lowest BCUT2D eigenvalue weighted by molar-refractivity contribution is -0.192. The first-order valence-electron chi connectivity index (χ1n) is 5.25. The molecule has 2 aromatic heterocycles. The molecule has 0 aliphatic carbocycles. The van der Waals surface area contributed by atoms with Crippen LogP contribution in [0.5, 0.6) is 0 Å².